The number of amides is 1. The summed E-state index contributed by atoms with van der Waals surface area (Å²) in [6.07, 6.45) is 1.66. The van der Waals surface area contributed by atoms with Crippen molar-refractivity contribution in [3.05, 3.63) is 57.8 Å². The number of carbonyl (C=O) groups excluding carboxylic acids is 2. The largest absolute Gasteiger partial charge is 0.461 e. The zero-order valence-electron chi connectivity index (χ0n) is 17.1. The molecule has 3 rings (SSSR count). The van der Waals surface area contributed by atoms with E-state index in [4.69, 9.17) is 4.74 Å². The quantitative estimate of drug-likeness (QED) is 0.529. The molecule has 158 valence electrons. The highest BCUT2D eigenvalue weighted by molar-refractivity contribution is 9.10. The third-order valence-electron chi connectivity index (χ3n) is 4.59. The van der Waals surface area contributed by atoms with Crippen LogP contribution in [0, 0.1) is 12.7 Å². The lowest BCUT2D eigenvalue weighted by atomic mass is 10.1. The number of nitrogens with one attached hydrogen (secondary N) is 1. The van der Waals surface area contributed by atoms with Crippen molar-refractivity contribution in [3.63, 3.8) is 0 Å². The number of ether oxygens (including phenoxy) is 1. The Morgan fingerprint density at radius 3 is 2.63 bits per heavy atom. The maximum absolute atomic E-state index is 13.8. The molecule has 1 N–H and O–H groups in total. The molecule has 0 fully saturated rings. The second-order valence-electron chi connectivity index (χ2n) is 6.63. The Hall–Kier alpha value is -2.94. The van der Waals surface area contributed by atoms with Gasteiger partial charge in [0.2, 0.25) is 0 Å². The van der Waals surface area contributed by atoms with Gasteiger partial charge < -0.3 is 14.6 Å². The molecule has 0 saturated carbocycles. The van der Waals surface area contributed by atoms with E-state index in [1.54, 1.807) is 48.5 Å². The zero-order valence-corrected chi connectivity index (χ0v) is 18.7. The zero-order chi connectivity index (χ0) is 22.0. The number of nitrogens with zero attached hydrogens (tertiary/aromatic N) is 3. The molecular formula is C21H22BrFN4O3. The van der Waals surface area contributed by atoms with Crippen LogP contribution in [0.2, 0.25) is 0 Å². The molecule has 9 heteroatoms. The number of esters is 1. The Bertz CT molecular complexity index is 1120. The Labute approximate surface area is 182 Å². The number of benzene rings is 1. The minimum atomic E-state index is -0.586. The SMILES string of the molecule is CCOC(=O)c1c(NC(=O)c2c(Br)c(C)nn2CC)c(-c2cccc(F)c2)cn1C. The average molecular weight is 477 g/mol. The number of hydrogen-bond acceptors (Lipinski definition) is 4. The molecule has 0 atom stereocenters. The van der Waals surface area contributed by atoms with E-state index in [0.29, 0.717) is 33.5 Å². The molecule has 0 aliphatic carbocycles. The fourth-order valence-corrected chi connectivity index (χ4v) is 3.72. The number of anilines is 1. The topological polar surface area (TPSA) is 78.2 Å². The van der Waals surface area contributed by atoms with Crippen molar-refractivity contribution >= 4 is 33.5 Å². The van der Waals surface area contributed by atoms with Gasteiger partial charge in [0.1, 0.15) is 11.5 Å². The summed E-state index contributed by atoms with van der Waals surface area (Å²) in [6, 6.07) is 5.95. The van der Waals surface area contributed by atoms with E-state index < -0.39 is 17.7 Å². The van der Waals surface area contributed by atoms with E-state index in [1.807, 2.05) is 6.92 Å². The van der Waals surface area contributed by atoms with Gasteiger partial charge in [-0.1, -0.05) is 12.1 Å². The molecule has 0 spiro atoms. The fourth-order valence-electron chi connectivity index (χ4n) is 3.25. The third-order valence-corrected chi connectivity index (χ3v) is 5.54. The Balaban J connectivity index is 2.14. The van der Waals surface area contributed by atoms with E-state index >= 15 is 0 Å². The summed E-state index contributed by atoms with van der Waals surface area (Å²) in [5, 5.41) is 7.17. The molecule has 2 aromatic heterocycles. The first-order valence-corrected chi connectivity index (χ1v) is 10.2. The van der Waals surface area contributed by atoms with Gasteiger partial charge in [0, 0.05) is 25.4 Å². The summed E-state index contributed by atoms with van der Waals surface area (Å²) in [5.74, 6) is -1.45. The third kappa shape index (κ3) is 4.02. The maximum atomic E-state index is 13.8. The Morgan fingerprint density at radius 1 is 1.27 bits per heavy atom. The summed E-state index contributed by atoms with van der Waals surface area (Å²) < 4.78 is 22.7. The lowest BCUT2D eigenvalue weighted by Gasteiger charge is -2.12. The van der Waals surface area contributed by atoms with Gasteiger partial charge in [-0.25, -0.2) is 9.18 Å². The van der Waals surface area contributed by atoms with Crippen molar-refractivity contribution in [2.75, 3.05) is 11.9 Å². The molecule has 0 radical (unpaired) electrons. The van der Waals surface area contributed by atoms with Crippen molar-refractivity contribution in [3.8, 4) is 11.1 Å². The van der Waals surface area contributed by atoms with Gasteiger partial charge in [-0.15, -0.1) is 0 Å². The monoisotopic (exact) mass is 476 g/mol. The predicted molar refractivity (Wildman–Crippen MR) is 115 cm³/mol. The molecule has 1 amide bonds. The standard InChI is InChI=1S/C21H22BrFN4O3/c1-5-27-18(16(22)12(3)25-27)20(28)24-17-15(13-8-7-9-14(23)10-13)11-26(4)19(17)21(29)30-6-2/h7-11H,5-6H2,1-4H3,(H,24,28). The van der Waals surface area contributed by atoms with Crippen molar-refractivity contribution in [1.82, 2.24) is 14.3 Å². The molecule has 0 aliphatic rings. The second kappa shape index (κ2) is 8.83. The molecule has 2 heterocycles. The summed E-state index contributed by atoms with van der Waals surface area (Å²) in [7, 11) is 1.67. The van der Waals surface area contributed by atoms with Crippen LogP contribution in [0.15, 0.2) is 34.9 Å². The van der Waals surface area contributed by atoms with Crippen molar-refractivity contribution in [2.45, 2.75) is 27.3 Å². The molecule has 1 aromatic carbocycles. The molecule has 30 heavy (non-hydrogen) atoms. The fraction of sp³-hybridized carbons (Fsp3) is 0.286. The summed E-state index contributed by atoms with van der Waals surface area (Å²) >= 11 is 3.42. The van der Waals surface area contributed by atoms with Crippen LogP contribution < -0.4 is 5.32 Å². The van der Waals surface area contributed by atoms with E-state index in [2.05, 4.69) is 26.3 Å². The highest BCUT2D eigenvalue weighted by Crippen LogP contribution is 2.34. The first-order chi connectivity index (χ1) is 14.3. The molecule has 0 aliphatic heterocycles. The average Bonchev–Trinajstić information content (AvgIpc) is 3.18. The van der Waals surface area contributed by atoms with Crippen molar-refractivity contribution in [2.24, 2.45) is 7.05 Å². The number of hydrogen-bond donors (Lipinski definition) is 1. The number of aromatic nitrogens is 3. The van der Waals surface area contributed by atoms with Crippen LogP contribution in [0.4, 0.5) is 10.1 Å². The first kappa shape index (κ1) is 21.8. The van der Waals surface area contributed by atoms with E-state index in [1.165, 1.54) is 12.1 Å². The van der Waals surface area contributed by atoms with Crippen LogP contribution in [-0.4, -0.2) is 32.8 Å². The van der Waals surface area contributed by atoms with Gasteiger partial charge in [-0.05, 0) is 54.4 Å². The van der Waals surface area contributed by atoms with Crippen LogP contribution in [0.3, 0.4) is 0 Å². The molecule has 0 bridgehead atoms. The summed E-state index contributed by atoms with van der Waals surface area (Å²) in [6.45, 7) is 6.04. The van der Waals surface area contributed by atoms with Gasteiger partial charge in [0.15, 0.2) is 5.69 Å². The van der Waals surface area contributed by atoms with Crippen LogP contribution in [0.25, 0.3) is 11.1 Å². The minimum absolute atomic E-state index is 0.167. The van der Waals surface area contributed by atoms with Gasteiger partial charge in [-0.2, -0.15) is 5.10 Å². The Kier molecular flexibility index (Phi) is 6.40. The maximum Gasteiger partial charge on any atom is 0.357 e. The smallest absolute Gasteiger partial charge is 0.357 e. The van der Waals surface area contributed by atoms with E-state index in [-0.39, 0.29) is 18.0 Å². The molecule has 3 aromatic rings. The van der Waals surface area contributed by atoms with Crippen LogP contribution in [0.1, 0.15) is 40.5 Å². The molecule has 7 nitrogen and oxygen atoms in total. The second-order valence-corrected chi connectivity index (χ2v) is 7.42. The van der Waals surface area contributed by atoms with Crippen LogP contribution in [-0.2, 0) is 18.3 Å². The van der Waals surface area contributed by atoms with Gasteiger partial charge >= 0.3 is 5.97 Å². The van der Waals surface area contributed by atoms with E-state index in [9.17, 15) is 14.0 Å². The number of rotatable bonds is 6. The summed E-state index contributed by atoms with van der Waals surface area (Å²) in [5.41, 5.74) is 2.45. The highest BCUT2D eigenvalue weighted by atomic mass is 79.9. The normalized spacial score (nSPS) is 10.9. The Morgan fingerprint density at radius 2 is 2.00 bits per heavy atom. The van der Waals surface area contributed by atoms with Gasteiger partial charge in [-0.3, -0.25) is 9.48 Å². The van der Waals surface area contributed by atoms with Crippen molar-refractivity contribution < 1.29 is 18.7 Å². The summed E-state index contributed by atoms with van der Waals surface area (Å²) in [4.78, 5) is 25.8. The van der Waals surface area contributed by atoms with Crippen molar-refractivity contribution in [1.29, 1.82) is 0 Å². The minimum Gasteiger partial charge on any atom is -0.461 e. The first-order valence-electron chi connectivity index (χ1n) is 9.45. The highest BCUT2D eigenvalue weighted by Gasteiger charge is 2.27. The number of aryl methyl sites for hydroxylation is 3. The van der Waals surface area contributed by atoms with Crippen LogP contribution >= 0.6 is 15.9 Å². The van der Waals surface area contributed by atoms with Gasteiger partial charge in [0.05, 0.1) is 22.5 Å². The number of halogens is 2. The molecule has 0 unspecified atom stereocenters. The molecular weight excluding hydrogens is 455 g/mol. The number of carbonyl (C=O) groups is 2. The van der Waals surface area contributed by atoms with Crippen LogP contribution in [0.5, 0.6) is 0 Å². The molecule has 0 saturated heterocycles. The lowest BCUT2D eigenvalue weighted by molar-refractivity contribution is 0.0516. The lowest BCUT2D eigenvalue weighted by Crippen LogP contribution is -2.20. The predicted octanol–water partition coefficient (Wildman–Crippen LogP) is 4.55. The van der Waals surface area contributed by atoms with E-state index in [0.717, 1.165) is 0 Å². The van der Waals surface area contributed by atoms with Gasteiger partial charge in [0.25, 0.3) is 5.91 Å².